The van der Waals surface area contributed by atoms with Crippen LogP contribution in [0.15, 0.2) is 48.5 Å². The fraction of sp³-hybridized carbons (Fsp3) is 0.118. The molecule has 0 atom stereocenters. The number of carbonyl (C=O) groups excluding carboxylic acids is 3. The topological polar surface area (TPSA) is 75.7 Å². The van der Waals surface area contributed by atoms with Gasteiger partial charge in [-0.05, 0) is 29.8 Å². The van der Waals surface area contributed by atoms with Gasteiger partial charge in [0.2, 0.25) is 0 Å². The maximum atomic E-state index is 12.3. The van der Waals surface area contributed by atoms with E-state index < -0.39 is 0 Å². The number of nitrogens with one attached hydrogen (secondary N) is 1. The van der Waals surface area contributed by atoms with Crippen molar-refractivity contribution in [1.29, 1.82) is 0 Å². The summed E-state index contributed by atoms with van der Waals surface area (Å²) in [7, 11) is 1.36. The molecule has 23 heavy (non-hydrogen) atoms. The maximum Gasteiger partial charge on any atom is 0.274 e. The van der Waals surface area contributed by atoms with Gasteiger partial charge in [0.25, 0.3) is 17.7 Å². The van der Waals surface area contributed by atoms with Gasteiger partial charge < -0.3 is 0 Å². The van der Waals surface area contributed by atoms with Crippen molar-refractivity contribution >= 4 is 17.7 Å². The predicted molar refractivity (Wildman–Crippen MR) is 81.6 cm³/mol. The highest BCUT2D eigenvalue weighted by Crippen LogP contribution is 2.24. The van der Waals surface area contributed by atoms with Crippen molar-refractivity contribution in [3.63, 3.8) is 0 Å². The van der Waals surface area contributed by atoms with Crippen molar-refractivity contribution in [2.24, 2.45) is 0 Å². The molecule has 0 unspecified atom stereocenters. The standard InChI is InChI=1S/C17H14N2O4/c1-23-18-15(20)12-8-6-11(7-9-12)10-19-16(21)13-4-2-3-5-14(13)17(19)22/h2-9H,10H2,1H3,(H,18,20). The zero-order valence-electron chi connectivity index (χ0n) is 12.4. The molecule has 1 aliphatic rings. The largest absolute Gasteiger partial charge is 0.277 e. The lowest BCUT2D eigenvalue weighted by Gasteiger charge is -2.14. The van der Waals surface area contributed by atoms with E-state index in [0.717, 1.165) is 5.56 Å². The minimum Gasteiger partial charge on any atom is -0.277 e. The summed E-state index contributed by atoms with van der Waals surface area (Å²) in [5.41, 5.74) is 4.26. The molecule has 0 bridgehead atoms. The van der Waals surface area contributed by atoms with Crippen LogP contribution in [-0.4, -0.2) is 29.7 Å². The van der Waals surface area contributed by atoms with Gasteiger partial charge in [-0.15, -0.1) is 0 Å². The summed E-state index contributed by atoms with van der Waals surface area (Å²) in [5.74, 6) is -0.960. The maximum absolute atomic E-state index is 12.3. The molecule has 1 aliphatic heterocycles. The quantitative estimate of drug-likeness (QED) is 0.690. The molecule has 0 aliphatic carbocycles. The fourth-order valence-electron chi connectivity index (χ4n) is 2.48. The molecule has 116 valence electrons. The number of nitrogens with zero attached hydrogens (tertiary/aromatic N) is 1. The number of fused-ring (bicyclic) bond motifs is 1. The number of hydrogen-bond acceptors (Lipinski definition) is 4. The Morgan fingerprint density at radius 2 is 1.57 bits per heavy atom. The molecule has 0 aromatic heterocycles. The highest BCUT2D eigenvalue weighted by molar-refractivity contribution is 6.21. The normalized spacial score (nSPS) is 13.2. The van der Waals surface area contributed by atoms with E-state index in [0.29, 0.717) is 16.7 Å². The molecule has 0 spiro atoms. The predicted octanol–water partition coefficient (Wildman–Crippen LogP) is 1.77. The van der Waals surface area contributed by atoms with Gasteiger partial charge in [0.05, 0.1) is 24.8 Å². The van der Waals surface area contributed by atoms with Crippen LogP contribution in [0, 0.1) is 0 Å². The van der Waals surface area contributed by atoms with Crippen LogP contribution in [0.3, 0.4) is 0 Å². The Bertz CT molecular complexity index is 748. The number of hydroxylamine groups is 1. The number of carbonyl (C=O) groups is 3. The molecule has 6 heteroatoms. The van der Waals surface area contributed by atoms with Gasteiger partial charge in [-0.1, -0.05) is 24.3 Å². The molecule has 2 aromatic rings. The van der Waals surface area contributed by atoms with E-state index in [4.69, 9.17) is 0 Å². The van der Waals surface area contributed by atoms with Gasteiger partial charge in [-0.3, -0.25) is 24.1 Å². The van der Waals surface area contributed by atoms with Crippen molar-refractivity contribution in [2.45, 2.75) is 6.54 Å². The van der Waals surface area contributed by atoms with Crippen LogP contribution < -0.4 is 5.48 Å². The summed E-state index contributed by atoms with van der Waals surface area (Å²) in [6.07, 6.45) is 0. The Morgan fingerprint density at radius 1 is 1.00 bits per heavy atom. The van der Waals surface area contributed by atoms with Crippen molar-refractivity contribution in [2.75, 3.05) is 7.11 Å². The number of amides is 3. The van der Waals surface area contributed by atoms with Crippen LogP contribution in [-0.2, 0) is 11.4 Å². The number of hydrogen-bond donors (Lipinski definition) is 1. The van der Waals surface area contributed by atoms with Gasteiger partial charge >= 0.3 is 0 Å². The summed E-state index contributed by atoms with van der Waals surface area (Å²) in [4.78, 5) is 42.0. The second-order valence-electron chi connectivity index (χ2n) is 5.07. The fourth-order valence-corrected chi connectivity index (χ4v) is 2.48. The summed E-state index contributed by atoms with van der Waals surface area (Å²) in [6, 6.07) is 13.4. The van der Waals surface area contributed by atoms with Crippen molar-refractivity contribution in [3.05, 3.63) is 70.8 Å². The summed E-state index contributed by atoms with van der Waals surface area (Å²) in [5, 5.41) is 0. The van der Waals surface area contributed by atoms with E-state index in [-0.39, 0.29) is 24.3 Å². The second kappa shape index (κ2) is 6.02. The summed E-state index contributed by atoms with van der Waals surface area (Å²) < 4.78 is 0. The zero-order chi connectivity index (χ0) is 16.4. The molecule has 1 N–H and O–H groups in total. The van der Waals surface area contributed by atoms with Gasteiger partial charge in [0, 0.05) is 5.56 Å². The van der Waals surface area contributed by atoms with Crippen LogP contribution in [0.1, 0.15) is 36.6 Å². The first-order valence-corrected chi connectivity index (χ1v) is 6.99. The molecule has 0 fully saturated rings. The summed E-state index contributed by atoms with van der Waals surface area (Å²) in [6.45, 7) is 0.165. The smallest absolute Gasteiger partial charge is 0.274 e. The van der Waals surface area contributed by atoms with Gasteiger partial charge in [-0.2, -0.15) is 0 Å². The summed E-state index contributed by atoms with van der Waals surface area (Å²) >= 11 is 0. The monoisotopic (exact) mass is 310 g/mol. The van der Waals surface area contributed by atoms with Crippen molar-refractivity contribution < 1.29 is 19.2 Å². The highest BCUT2D eigenvalue weighted by atomic mass is 16.6. The molecule has 3 rings (SSSR count). The van der Waals surface area contributed by atoms with Crippen LogP contribution >= 0.6 is 0 Å². The Kier molecular flexibility index (Phi) is 3.91. The average Bonchev–Trinajstić information content (AvgIpc) is 2.81. The lowest BCUT2D eigenvalue weighted by molar-refractivity contribution is 0.0536. The van der Waals surface area contributed by atoms with E-state index in [1.54, 1.807) is 48.5 Å². The number of imide groups is 1. The van der Waals surface area contributed by atoms with Crippen LogP contribution in [0.25, 0.3) is 0 Å². The third-order valence-electron chi connectivity index (χ3n) is 3.63. The molecular formula is C17H14N2O4. The average molecular weight is 310 g/mol. The van der Waals surface area contributed by atoms with Crippen molar-refractivity contribution in [3.8, 4) is 0 Å². The Morgan fingerprint density at radius 3 is 2.09 bits per heavy atom. The highest BCUT2D eigenvalue weighted by Gasteiger charge is 2.34. The van der Waals surface area contributed by atoms with Gasteiger partial charge in [0.1, 0.15) is 0 Å². The van der Waals surface area contributed by atoms with E-state index >= 15 is 0 Å². The molecule has 6 nitrogen and oxygen atoms in total. The Labute approximate surface area is 132 Å². The third kappa shape index (κ3) is 2.72. The van der Waals surface area contributed by atoms with Gasteiger partial charge in [-0.25, -0.2) is 5.48 Å². The first-order valence-electron chi connectivity index (χ1n) is 6.99. The van der Waals surface area contributed by atoms with E-state index in [1.807, 2.05) is 0 Å². The molecular weight excluding hydrogens is 296 g/mol. The SMILES string of the molecule is CONC(=O)c1ccc(CN2C(=O)c3ccccc3C2=O)cc1. The van der Waals surface area contributed by atoms with E-state index in [1.165, 1.54) is 12.0 Å². The third-order valence-corrected chi connectivity index (χ3v) is 3.63. The molecule has 0 radical (unpaired) electrons. The minimum atomic E-state index is -0.361. The lowest BCUT2D eigenvalue weighted by Crippen LogP contribution is -2.29. The second-order valence-corrected chi connectivity index (χ2v) is 5.07. The van der Waals surface area contributed by atoms with Crippen molar-refractivity contribution in [1.82, 2.24) is 10.4 Å². The van der Waals surface area contributed by atoms with Crippen LogP contribution in [0.5, 0.6) is 0 Å². The zero-order valence-corrected chi connectivity index (χ0v) is 12.4. The first-order chi connectivity index (χ1) is 11.1. The molecule has 0 saturated carbocycles. The van der Waals surface area contributed by atoms with Gasteiger partial charge in [0.15, 0.2) is 0 Å². The number of benzene rings is 2. The van der Waals surface area contributed by atoms with Crippen LogP contribution in [0.2, 0.25) is 0 Å². The minimum absolute atomic E-state index is 0.165. The Hall–Kier alpha value is -2.99. The van der Waals surface area contributed by atoms with E-state index in [9.17, 15) is 14.4 Å². The lowest BCUT2D eigenvalue weighted by atomic mass is 10.1. The molecule has 0 saturated heterocycles. The van der Waals surface area contributed by atoms with Crippen LogP contribution in [0.4, 0.5) is 0 Å². The molecule has 3 amide bonds. The molecule has 1 heterocycles. The van der Waals surface area contributed by atoms with E-state index in [2.05, 4.69) is 10.3 Å². The molecule has 2 aromatic carbocycles. The first kappa shape index (κ1) is 14.9. The Balaban J connectivity index is 1.77. The number of rotatable bonds is 4.